The average molecular weight is 310 g/mol. The van der Waals surface area contributed by atoms with Crippen LogP contribution in [-0.4, -0.2) is 11.1 Å². The van der Waals surface area contributed by atoms with E-state index in [2.05, 4.69) is 26.0 Å². The number of hydrogen-bond donors (Lipinski definition) is 1. The van der Waals surface area contributed by atoms with Gasteiger partial charge < -0.3 is 5.11 Å². The fourth-order valence-electron chi connectivity index (χ4n) is 4.09. The molecule has 0 fully saturated rings. The first-order valence-electron chi connectivity index (χ1n) is 8.69. The molecule has 3 rings (SSSR count). The van der Waals surface area contributed by atoms with Gasteiger partial charge in [-0.1, -0.05) is 49.3 Å². The maximum atomic E-state index is 10.9. The molecule has 122 valence electrons. The monoisotopic (exact) mass is 310 g/mol. The molecule has 0 saturated carbocycles. The molecule has 1 aromatic carbocycles. The molecule has 0 aromatic heterocycles. The third kappa shape index (κ3) is 3.57. The first-order chi connectivity index (χ1) is 11.0. The molecule has 1 atom stereocenters. The summed E-state index contributed by atoms with van der Waals surface area (Å²) in [5.41, 5.74) is 5.25. The first kappa shape index (κ1) is 16.0. The van der Waals surface area contributed by atoms with Crippen LogP contribution in [0.5, 0.6) is 0 Å². The molecule has 0 heterocycles. The minimum absolute atomic E-state index is 0.346. The van der Waals surface area contributed by atoms with Crippen molar-refractivity contribution in [1.82, 2.24) is 0 Å². The van der Waals surface area contributed by atoms with Gasteiger partial charge in [0.1, 0.15) is 0 Å². The molecule has 0 spiro atoms. The Morgan fingerprint density at radius 3 is 2.65 bits per heavy atom. The van der Waals surface area contributed by atoms with Crippen LogP contribution in [0.4, 0.5) is 0 Å². The summed E-state index contributed by atoms with van der Waals surface area (Å²) < 4.78 is 0. The van der Waals surface area contributed by atoms with Crippen molar-refractivity contribution in [1.29, 1.82) is 0 Å². The smallest absolute Gasteiger partial charge is 0.335 e. The van der Waals surface area contributed by atoms with Gasteiger partial charge in [-0.25, -0.2) is 4.79 Å². The molecule has 0 amide bonds. The van der Waals surface area contributed by atoms with E-state index >= 15 is 0 Å². The van der Waals surface area contributed by atoms with Gasteiger partial charge in [0.2, 0.25) is 0 Å². The Labute approximate surface area is 138 Å². The third-order valence-corrected chi connectivity index (χ3v) is 5.53. The molecule has 1 unspecified atom stereocenters. The zero-order valence-corrected chi connectivity index (χ0v) is 14.1. The average Bonchev–Trinajstić information content (AvgIpc) is 2.53. The summed E-state index contributed by atoms with van der Waals surface area (Å²) >= 11 is 0. The van der Waals surface area contributed by atoms with E-state index in [9.17, 15) is 4.79 Å². The summed E-state index contributed by atoms with van der Waals surface area (Å²) in [5.74, 6) is -0.253. The zero-order chi connectivity index (χ0) is 16.4. The van der Waals surface area contributed by atoms with Gasteiger partial charge in [-0.05, 0) is 67.6 Å². The number of allylic oxidation sites excluding steroid dienone is 3. The van der Waals surface area contributed by atoms with Crippen molar-refractivity contribution in [3.05, 3.63) is 52.6 Å². The lowest BCUT2D eigenvalue weighted by Gasteiger charge is -2.40. The minimum Gasteiger partial charge on any atom is -0.478 e. The van der Waals surface area contributed by atoms with Gasteiger partial charge in [0, 0.05) is 0 Å². The fraction of sp³-hybridized carbons (Fsp3) is 0.476. The summed E-state index contributed by atoms with van der Waals surface area (Å²) in [6, 6.07) is 7.12. The van der Waals surface area contributed by atoms with Crippen LogP contribution in [0.25, 0.3) is 6.08 Å². The topological polar surface area (TPSA) is 37.3 Å². The van der Waals surface area contributed by atoms with Crippen molar-refractivity contribution in [2.24, 2.45) is 11.3 Å². The number of carboxylic acids is 1. The molecule has 2 aliphatic carbocycles. The molecule has 23 heavy (non-hydrogen) atoms. The van der Waals surface area contributed by atoms with Crippen LogP contribution in [0, 0.1) is 11.3 Å². The summed E-state index contributed by atoms with van der Waals surface area (Å²) in [5, 5.41) is 8.95. The van der Waals surface area contributed by atoms with Crippen molar-refractivity contribution in [3.63, 3.8) is 0 Å². The molecule has 1 aromatic rings. The second-order valence-electron chi connectivity index (χ2n) is 7.61. The lowest BCUT2D eigenvalue weighted by Crippen LogP contribution is -2.25. The Bertz CT molecular complexity index is 647. The van der Waals surface area contributed by atoms with Crippen LogP contribution >= 0.6 is 0 Å². The van der Waals surface area contributed by atoms with E-state index in [1.807, 2.05) is 12.1 Å². The van der Waals surface area contributed by atoms with Gasteiger partial charge in [0.15, 0.2) is 0 Å². The predicted octanol–water partition coefficient (Wildman–Crippen LogP) is 5.70. The fourth-order valence-corrected chi connectivity index (χ4v) is 4.09. The lowest BCUT2D eigenvalue weighted by atomic mass is 9.66. The third-order valence-electron chi connectivity index (χ3n) is 5.53. The molecule has 0 saturated heterocycles. The summed E-state index contributed by atoms with van der Waals surface area (Å²) in [4.78, 5) is 10.9. The lowest BCUT2D eigenvalue weighted by molar-refractivity contribution is 0.0697. The van der Waals surface area contributed by atoms with Gasteiger partial charge in [0.25, 0.3) is 0 Å². The second kappa shape index (κ2) is 6.35. The van der Waals surface area contributed by atoms with Crippen molar-refractivity contribution in [2.45, 2.75) is 52.4 Å². The number of carbonyl (C=O) groups is 1. The van der Waals surface area contributed by atoms with Gasteiger partial charge in [-0.15, -0.1) is 0 Å². The highest BCUT2D eigenvalue weighted by Gasteiger charge is 2.33. The number of hydrogen-bond acceptors (Lipinski definition) is 1. The number of benzene rings is 1. The maximum absolute atomic E-state index is 10.9. The van der Waals surface area contributed by atoms with Crippen LogP contribution < -0.4 is 0 Å². The van der Waals surface area contributed by atoms with E-state index in [4.69, 9.17) is 5.11 Å². The van der Waals surface area contributed by atoms with Gasteiger partial charge in [-0.3, -0.25) is 0 Å². The van der Waals surface area contributed by atoms with Gasteiger partial charge in [-0.2, -0.15) is 0 Å². The quantitative estimate of drug-likeness (QED) is 0.727. The number of rotatable bonds is 3. The normalized spacial score (nSPS) is 23.8. The zero-order valence-electron chi connectivity index (χ0n) is 14.1. The molecule has 1 N–H and O–H groups in total. The Morgan fingerprint density at radius 1 is 1.22 bits per heavy atom. The van der Waals surface area contributed by atoms with Crippen LogP contribution in [0.15, 0.2) is 41.5 Å². The standard InChI is InChI=1S/C21H26O2/c1-21(2)13-3-4-17-10-9-16(14-19(17)21)6-5-15-7-11-18(12-8-15)20(22)23/h5-8,11-12,16H,3-4,9-10,13-14H2,1-2H3,(H,22,23)/b6-5+. The van der Waals surface area contributed by atoms with E-state index in [1.165, 1.54) is 38.5 Å². The molecule has 2 nitrogen and oxygen atoms in total. The molecule has 0 aliphatic heterocycles. The highest BCUT2D eigenvalue weighted by atomic mass is 16.4. The van der Waals surface area contributed by atoms with E-state index in [0.29, 0.717) is 16.9 Å². The Balaban J connectivity index is 1.69. The van der Waals surface area contributed by atoms with E-state index in [1.54, 1.807) is 23.3 Å². The van der Waals surface area contributed by atoms with E-state index in [-0.39, 0.29) is 0 Å². The Kier molecular flexibility index (Phi) is 4.43. The van der Waals surface area contributed by atoms with Crippen molar-refractivity contribution in [3.8, 4) is 0 Å². The molecule has 2 aliphatic rings. The first-order valence-corrected chi connectivity index (χ1v) is 8.69. The maximum Gasteiger partial charge on any atom is 0.335 e. The molecular formula is C21H26O2. The van der Waals surface area contributed by atoms with Crippen molar-refractivity contribution in [2.75, 3.05) is 0 Å². The minimum atomic E-state index is -0.869. The molecule has 0 radical (unpaired) electrons. The van der Waals surface area contributed by atoms with Crippen molar-refractivity contribution < 1.29 is 9.90 Å². The predicted molar refractivity (Wildman–Crippen MR) is 94.4 cm³/mol. The summed E-state index contributed by atoms with van der Waals surface area (Å²) in [6.45, 7) is 4.80. The van der Waals surface area contributed by atoms with E-state index < -0.39 is 5.97 Å². The molecule has 2 heteroatoms. The Morgan fingerprint density at radius 2 is 1.96 bits per heavy atom. The summed E-state index contributed by atoms with van der Waals surface area (Å²) in [7, 11) is 0. The van der Waals surface area contributed by atoms with Crippen LogP contribution in [0.3, 0.4) is 0 Å². The van der Waals surface area contributed by atoms with Crippen LogP contribution in [0.2, 0.25) is 0 Å². The largest absolute Gasteiger partial charge is 0.478 e. The second-order valence-corrected chi connectivity index (χ2v) is 7.61. The highest BCUT2D eigenvalue weighted by Crippen LogP contribution is 2.48. The van der Waals surface area contributed by atoms with E-state index in [0.717, 1.165) is 5.56 Å². The molecule has 0 bridgehead atoms. The van der Waals surface area contributed by atoms with Crippen LogP contribution in [0.1, 0.15) is 68.3 Å². The SMILES string of the molecule is CC1(C)CCCC2=C1CC(/C=C/c1ccc(C(=O)O)cc1)CC2. The Hall–Kier alpha value is -1.83. The molecular weight excluding hydrogens is 284 g/mol. The van der Waals surface area contributed by atoms with Gasteiger partial charge in [0.05, 0.1) is 5.56 Å². The highest BCUT2D eigenvalue weighted by molar-refractivity contribution is 5.87. The number of aromatic carboxylic acids is 1. The number of carboxylic acid groups (broad SMARTS) is 1. The summed E-state index contributed by atoms with van der Waals surface area (Å²) in [6.07, 6.45) is 12.2. The van der Waals surface area contributed by atoms with Gasteiger partial charge >= 0.3 is 5.97 Å². The van der Waals surface area contributed by atoms with Crippen molar-refractivity contribution >= 4 is 12.0 Å². The van der Waals surface area contributed by atoms with Crippen LogP contribution in [-0.2, 0) is 0 Å².